The molecule has 0 bridgehead atoms. The molecule has 1 aromatic carbocycles. The standard InChI is InChI=1S/C25H34N4/c1-5-21-14-18(2)19(3)15-25(21)23-11-9-10-22(20(4)26)16-27-29(17-23)28-24-12-7-6-8-13-24/h9-11,14-17,24,28H,4-8,12-13,26H2,1-3H3. The maximum Gasteiger partial charge on any atom is 0.0587 e. The first kappa shape index (κ1) is 21.0. The summed E-state index contributed by atoms with van der Waals surface area (Å²) in [4.78, 5) is 1.87. The van der Waals surface area contributed by atoms with E-state index in [0.29, 0.717) is 11.7 Å². The van der Waals surface area contributed by atoms with Crippen molar-refractivity contribution in [2.75, 3.05) is 5.43 Å². The molecule has 0 unspecified atom stereocenters. The molecule has 3 rings (SSSR count). The van der Waals surface area contributed by atoms with Gasteiger partial charge in [0, 0.05) is 22.9 Å². The number of rotatable bonds is 5. The van der Waals surface area contributed by atoms with Gasteiger partial charge in [0.15, 0.2) is 0 Å². The quantitative estimate of drug-likeness (QED) is 0.692. The van der Waals surface area contributed by atoms with E-state index in [2.05, 4.69) is 62.3 Å². The summed E-state index contributed by atoms with van der Waals surface area (Å²) < 4.78 is 0. The van der Waals surface area contributed by atoms with Crippen LogP contribution in [0, 0.1) is 13.8 Å². The molecule has 0 saturated heterocycles. The van der Waals surface area contributed by atoms with Crippen molar-refractivity contribution in [2.45, 2.75) is 65.3 Å². The first-order chi connectivity index (χ1) is 14.0. The molecule has 1 heterocycles. The molecule has 1 aromatic heterocycles. The van der Waals surface area contributed by atoms with E-state index in [9.17, 15) is 0 Å². The summed E-state index contributed by atoms with van der Waals surface area (Å²) in [6.07, 6.45) is 11.1. The Morgan fingerprint density at radius 1 is 1.17 bits per heavy atom. The van der Waals surface area contributed by atoms with Crippen molar-refractivity contribution >= 4 is 5.70 Å². The maximum atomic E-state index is 5.95. The number of aryl methyl sites for hydroxylation is 3. The van der Waals surface area contributed by atoms with Crippen molar-refractivity contribution in [3.05, 3.63) is 71.6 Å². The Labute approximate surface area is 175 Å². The topological polar surface area (TPSA) is 55.9 Å². The van der Waals surface area contributed by atoms with E-state index in [-0.39, 0.29) is 0 Å². The largest absolute Gasteiger partial charge is 0.399 e. The minimum Gasteiger partial charge on any atom is -0.399 e. The third-order valence-corrected chi connectivity index (χ3v) is 5.84. The van der Waals surface area contributed by atoms with Crippen molar-refractivity contribution < 1.29 is 0 Å². The zero-order chi connectivity index (χ0) is 20.8. The number of hydrogen-bond donors (Lipinski definition) is 2. The second kappa shape index (κ2) is 9.64. The Bertz CT molecular complexity index is 918. The Hall–Kier alpha value is -2.75. The van der Waals surface area contributed by atoms with Gasteiger partial charge in [-0.3, -0.25) is 0 Å². The van der Waals surface area contributed by atoms with Gasteiger partial charge in [-0.2, -0.15) is 9.89 Å². The Balaban J connectivity index is 2.14. The average molecular weight is 391 g/mol. The van der Waals surface area contributed by atoms with Crippen molar-refractivity contribution in [1.82, 2.24) is 9.89 Å². The number of nitrogens with one attached hydrogen (secondary N) is 1. The van der Waals surface area contributed by atoms with Gasteiger partial charge in [-0.15, -0.1) is 0 Å². The van der Waals surface area contributed by atoms with Crippen LogP contribution in [-0.2, 0) is 6.42 Å². The van der Waals surface area contributed by atoms with Gasteiger partial charge in [-0.05, 0) is 55.4 Å². The smallest absolute Gasteiger partial charge is 0.0587 e. The van der Waals surface area contributed by atoms with Crippen LogP contribution in [0.2, 0.25) is 0 Å². The van der Waals surface area contributed by atoms with E-state index in [1.807, 2.05) is 16.9 Å². The Kier molecular flexibility index (Phi) is 6.97. The predicted octanol–water partition coefficient (Wildman–Crippen LogP) is 5.66. The summed E-state index contributed by atoms with van der Waals surface area (Å²) in [6.45, 7) is 10.4. The molecule has 0 atom stereocenters. The summed E-state index contributed by atoms with van der Waals surface area (Å²) in [5.41, 5.74) is 17.2. The van der Waals surface area contributed by atoms with Crippen LogP contribution in [0.5, 0.6) is 0 Å². The molecule has 2 aromatic rings. The number of benzene rings is 1. The van der Waals surface area contributed by atoms with Crippen LogP contribution in [0.25, 0.3) is 16.8 Å². The van der Waals surface area contributed by atoms with Crippen molar-refractivity contribution in [3.8, 4) is 11.1 Å². The SMILES string of the molecule is C=C(N)c1cccc(-c2cc(C)c(C)cc2CC)cn(NC2CCCCC2)nc1. The minimum absolute atomic E-state index is 0.446. The second-order valence-corrected chi connectivity index (χ2v) is 8.09. The highest BCUT2D eigenvalue weighted by molar-refractivity contribution is 5.68. The van der Waals surface area contributed by atoms with Gasteiger partial charge >= 0.3 is 0 Å². The lowest BCUT2D eigenvalue weighted by molar-refractivity contribution is 0.428. The van der Waals surface area contributed by atoms with Gasteiger partial charge < -0.3 is 11.2 Å². The summed E-state index contributed by atoms with van der Waals surface area (Å²) in [6, 6.07) is 11.2. The third kappa shape index (κ3) is 5.41. The van der Waals surface area contributed by atoms with Gasteiger partial charge in [0.05, 0.1) is 12.4 Å². The Morgan fingerprint density at radius 3 is 2.59 bits per heavy atom. The molecule has 4 heteroatoms. The first-order valence-corrected chi connectivity index (χ1v) is 10.7. The number of nitrogens with zero attached hydrogens (tertiary/aromatic N) is 2. The highest BCUT2D eigenvalue weighted by Crippen LogP contribution is 2.27. The molecule has 0 aliphatic heterocycles. The first-order valence-electron chi connectivity index (χ1n) is 10.7. The van der Waals surface area contributed by atoms with E-state index >= 15 is 0 Å². The van der Waals surface area contributed by atoms with Gasteiger partial charge in [0.25, 0.3) is 0 Å². The number of nitrogens with two attached hydrogens (primary N) is 1. The van der Waals surface area contributed by atoms with Crippen LogP contribution in [0.4, 0.5) is 0 Å². The maximum absolute atomic E-state index is 5.95. The Morgan fingerprint density at radius 2 is 1.90 bits per heavy atom. The molecule has 1 fully saturated rings. The zero-order valence-electron chi connectivity index (χ0n) is 18.0. The van der Waals surface area contributed by atoms with Crippen molar-refractivity contribution in [1.29, 1.82) is 0 Å². The fourth-order valence-electron chi connectivity index (χ4n) is 3.91. The number of aromatic nitrogens is 2. The summed E-state index contributed by atoms with van der Waals surface area (Å²) in [5, 5.41) is 4.68. The van der Waals surface area contributed by atoms with Crippen LogP contribution in [0.15, 0.2) is 49.3 Å². The molecule has 1 saturated carbocycles. The van der Waals surface area contributed by atoms with Gasteiger partial charge in [0.2, 0.25) is 0 Å². The predicted molar refractivity (Wildman–Crippen MR) is 124 cm³/mol. The summed E-state index contributed by atoms with van der Waals surface area (Å²) in [5.74, 6) is 0. The van der Waals surface area contributed by atoms with Crippen molar-refractivity contribution in [2.24, 2.45) is 5.73 Å². The van der Waals surface area contributed by atoms with Crippen LogP contribution in [-0.4, -0.2) is 15.9 Å². The second-order valence-electron chi connectivity index (χ2n) is 8.09. The zero-order valence-corrected chi connectivity index (χ0v) is 18.0. The monoisotopic (exact) mass is 390 g/mol. The minimum atomic E-state index is 0.446. The van der Waals surface area contributed by atoms with Crippen LogP contribution in [0.3, 0.4) is 0 Å². The fraction of sp³-hybridized carbons (Fsp3) is 0.400. The highest BCUT2D eigenvalue weighted by Gasteiger charge is 2.13. The molecule has 4 nitrogen and oxygen atoms in total. The summed E-state index contributed by atoms with van der Waals surface area (Å²) >= 11 is 0. The molecule has 1 aliphatic rings. The van der Waals surface area contributed by atoms with E-state index in [1.165, 1.54) is 54.4 Å². The lowest BCUT2D eigenvalue weighted by Gasteiger charge is -2.24. The summed E-state index contributed by atoms with van der Waals surface area (Å²) in [7, 11) is 0. The molecule has 0 spiro atoms. The van der Waals surface area contributed by atoms with Gasteiger partial charge in [-0.25, -0.2) is 0 Å². The van der Waals surface area contributed by atoms with Crippen molar-refractivity contribution in [3.63, 3.8) is 0 Å². The lowest BCUT2D eigenvalue weighted by Crippen LogP contribution is -2.30. The van der Waals surface area contributed by atoms with Crippen LogP contribution >= 0.6 is 0 Å². The van der Waals surface area contributed by atoms with E-state index in [1.54, 1.807) is 6.20 Å². The molecule has 3 N–H and O–H groups in total. The molecular formula is C25H34N4. The van der Waals surface area contributed by atoms with Crippen LogP contribution in [0.1, 0.15) is 61.3 Å². The molecule has 1 aliphatic carbocycles. The normalized spacial score (nSPS) is 14.3. The van der Waals surface area contributed by atoms with Gasteiger partial charge in [-0.1, -0.05) is 63.1 Å². The lowest BCUT2D eigenvalue weighted by atomic mass is 9.94. The van der Waals surface area contributed by atoms with Gasteiger partial charge in [0.1, 0.15) is 0 Å². The fourth-order valence-corrected chi connectivity index (χ4v) is 3.91. The molecular weight excluding hydrogens is 356 g/mol. The van der Waals surface area contributed by atoms with E-state index in [0.717, 1.165) is 17.5 Å². The van der Waals surface area contributed by atoms with E-state index < -0.39 is 0 Å². The van der Waals surface area contributed by atoms with E-state index in [4.69, 9.17) is 5.73 Å². The number of hydrogen-bond acceptors (Lipinski definition) is 3. The molecule has 154 valence electrons. The molecule has 0 radical (unpaired) electrons. The molecule has 0 amide bonds. The third-order valence-electron chi connectivity index (χ3n) is 5.84. The highest BCUT2D eigenvalue weighted by atomic mass is 15.5. The van der Waals surface area contributed by atoms with Crippen LogP contribution < -0.4 is 11.2 Å². The average Bonchev–Trinajstić information content (AvgIpc) is 2.81. The molecule has 29 heavy (non-hydrogen) atoms.